The van der Waals surface area contributed by atoms with Crippen molar-refractivity contribution >= 4 is 27.1 Å². The van der Waals surface area contributed by atoms with Crippen molar-refractivity contribution in [3.63, 3.8) is 0 Å². The van der Waals surface area contributed by atoms with E-state index in [4.69, 9.17) is 11.5 Å². The van der Waals surface area contributed by atoms with Crippen LogP contribution in [0.4, 0.5) is 17.1 Å². The van der Waals surface area contributed by atoms with Crippen LogP contribution >= 0.6 is 0 Å². The van der Waals surface area contributed by atoms with Gasteiger partial charge in [0.2, 0.25) is 0 Å². The SMILES string of the molecule is Nc1ccc(Cc2ccc(NS(=O)(=O)c3ccc(N)cc3)cc2)cc1. The molecular weight excluding hydrogens is 334 g/mol. The Kier molecular flexibility index (Phi) is 4.63. The van der Waals surface area contributed by atoms with Crippen molar-refractivity contribution in [3.8, 4) is 0 Å². The van der Waals surface area contributed by atoms with E-state index in [1.165, 1.54) is 12.1 Å². The van der Waals surface area contributed by atoms with Crippen molar-refractivity contribution < 1.29 is 8.42 Å². The van der Waals surface area contributed by atoms with E-state index in [0.29, 0.717) is 11.4 Å². The molecule has 25 heavy (non-hydrogen) atoms. The zero-order valence-corrected chi connectivity index (χ0v) is 14.3. The first-order valence-electron chi connectivity index (χ1n) is 7.74. The van der Waals surface area contributed by atoms with Gasteiger partial charge in [-0.3, -0.25) is 4.72 Å². The summed E-state index contributed by atoms with van der Waals surface area (Å²) in [5.41, 5.74) is 15.3. The topological polar surface area (TPSA) is 98.2 Å². The molecule has 6 heteroatoms. The molecule has 3 rings (SSSR count). The largest absolute Gasteiger partial charge is 0.399 e. The van der Waals surface area contributed by atoms with Crippen LogP contribution in [0.15, 0.2) is 77.7 Å². The molecule has 5 N–H and O–H groups in total. The molecule has 5 nitrogen and oxygen atoms in total. The number of rotatable bonds is 5. The van der Waals surface area contributed by atoms with Crippen LogP contribution in [-0.2, 0) is 16.4 Å². The molecule has 0 fully saturated rings. The zero-order valence-electron chi connectivity index (χ0n) is 13.5. The minimum atomic E-state index is -3.63. The van der Waals surface area contributed by atoms with Crippen LogP contribution in [0.1, 0.15) is 11.1 Å². The Hall–Kier alpha value is -2.99. The van der Waals surface area contributed by atoms with Gasteiger partial charge in [0.05, 0.1) is 4.90 Å². The quantitative estimate of drug-likeness (QED) is 0.613. The molecule has 3 aromatic carbocycles. The average molecular weight is 353 g/mol. The molecule has 0 spiro atoms. The molecule has 3 aromatic rings. The van der Waals surface area contributed by atoms with Crippen molar-refractivity contribution in [1.29, 1.82) is 0 Å². The maximum atomic E-state index is 12.4. The van der Waals surface area contributed by atoms with E-state index in [9.17, 15) is 8.42 Å². The Balaban J connectivity index is 1.71. The lowest BCUT2D eigenvalue weighted by molar-refractivity contribution is 0.601. The molecule has 0 aliphatic carbocycles. The third kappa shape index (κ3) is 4.30. The van der Waals surface area contributed by atoms with Crippen LogP contribution in [0.5, 0.6) is 0 Å². The van der Waals surface area contributed by atoms with E-state index in [-0.39, 0.29) is 4.90 Å². The first kappa shape index (κ1) is 16.9. The van der Waals surface area contributed by atoms with Gasteiger partial charge >= 0.3 is 0 Å². The summed E-state index contributed by atoms with van der Waals surface area (Å²) in [7, 11) is -3.63. The molecule has 0 saturated heterocycles. The number of benzene rings is 3. The molecule has 0 aliphatic heterocycles. The van der Waals surface area contributed by atoms with Gasteiger partial charge in [-0.15, -0.1) is 0 Å². The molecular formula is C19H19N3O2S. The number of nitrogens with one attached hydrogen (secondary N) is 1. The number of hydrogen-bond donors (Lipinski definition) is 3. The molecule has 0 aliphatic rings. The fraction of sp³-hybridized carbons (Fsp3) is 0.0526. The highest BCUT2D eigenvalue weighted by atomic mass is 32.2. The average Bonchev–Trinajstić information content (AvgIpc) is 2.59. The first-order valence-corrected chi connectivity index (χ1v) is 9.22. The molecule has 0 heterocycles. The van der Waals surface area contributed by atoms with E-state index < -0.39 is 10.0 Å². The summed E-state index contributed by atoms with van der Waals surface area (Å²) in [6.45, 7) is 0. The summed E-state index contributed by atoms with van der Waals surface area (Å²) < 4.78 is 27.3. The van der Waals surface area contributed by atoms with Gasteiger partial charge in [-0.05, 0) is 66.1 Å². The van der Waals surface area contributed by atoms with Gasteiger partial charge in [0.1, 0.15) is 0 Å². The Labute approximate surface area is 147 Å². The van der Waals surface area contributed by atoms with Crippen LogP contribution in [0.3, 0.4) is 0 Å². The Morgan fingerprint density at radius 1 is 0.680 bits per heavy atom. The molecule has 0 bridgehead atoms. The Morgan fingerprint density at radius 3 is 1.64 bits per heavy atom. The van der Waals surface area contributed by atoms with E-state index in [0.717, 1.165) is 23.2 Å². The van der Waals surface area contributed by atoms with Crippen molar-refractivity contribution in [2.24, 2.45) is 0 Å². The predicted molar refractivity (Wildman–Crippen MR) is 102 cm³/mol. The molecule has 0 atom stereocenters. The van der Waals surface area contributed by atoms with Crippen molar-refractivity contribution in [3.05, 3.63) is 83.9 Å². The smallest absolute Gasteiger partial charge is 0.261 e. The second kappa shape index (κ2) is 6.86. The van der Waals surface area contributed by atoms with Crippen molar-refractivity contribution in [2.75, 3.05) is 16.2 Å². The second-order valence-electron chi connectivity index (χ2n) is 5.79. The molecule has 0 radical (unpaired) electrons. The van der Waals surface area contributed by atoms with Crippen LogP contribution in [-0.4, -0.2) is 8.42 Å². The van der Waals surface area contributed by atoms with Crippen molar-refractivity contribution in [2.45, 2.75) is 11.3 Å². The summed E-state index contributed by atoms with van der Waals surface area (Å²) in [4.78, 5) is 0.174. The van der Waals surface area contributed by atoms with Gasteiger partial charge in [0.15, 0.2) is 0 Å². The number of nitrogens with two attached hydrogens (primary N) is 2. The second-order valence-corrected chi connectivity index (χ2v) is 7.47. The lowest BCUT2D eigenvalue weighted by atomic mass is 10.0. The first-order chi connectivity index (χ1) is 11.9. The lowest BCUT2D eigenvalue weighted by Crippen LogP contribution is -2.12. The van der Waals surface area contributed by atoms with Crippen LogP contribution < -0.4 is 16.2 Å². The normalized spacial score (nSPS) is 11.2. The van der Waals surface area contributed by atoms with Gasteiger partial charge in [-0.2, -0.15) is 0 Å². The fourth-order valence-corrected chi connectivity index (χ4v) is 3.48. The summed E-state index contributed by atoms with van der Waals surface area (Å²) in [6.07, 6.45) is 0.755. The minimum absolute atomic E-state index is 0.174. The third-order valence-electron chi connectivity index (χ3n) is 3.78. The molecule has 0 amide bonds. The van der Waals surface area contributed by atoms with Crippen LogP contribution in [0.2, 0.25) is 0 Å². The maximum absolute atomic E-state index is 12.4. The van der Waals surface area contributed by atoms with Crippen molar-refractivity contribution in [1.82, 2.24) is 0 Å². The molecule has 128 valence electrons. The standard InChI is InChI=1S/C19H19N3O2S/c20-16-5-1-14(2-6-16)13-15-3-9-18(10-4-15)22-25(23,24)19-11-7-17(21)8-12-19/h1-12,22H,13,20-21H2. The number of anilines is 3. The number of sulfonamides is 1. The van der Waals surface area contributed by atoms with Gasteiger partial charge in [0.25, 0.3) is 10.0 Å². The number of nitrogen functional groups attached to an aromatic ring is 2. The third-order valence-corrected chi connectivity index (χ3v) is 5.18. The van der Waals surface area contributed by atoms with E-state index >= 15 is 0 Å². The summed E-state index contributed by atoms with van der Waals surface area (Å²) >= 11 is 0. The monoisotopic (exact) mass is 353 g/mol. The zero-order chi connectivity index (χ0) is 17.9. The fourth-order valence-electron chi connectivity index (χ4n) is 2.42. The van der Waals surface area contributed by atoms with Crippen LogP contribution in [0, 0.1) is 0 Å². The lowest BCUT2D eigenvalue weighted by Gasteiger charge is -2.09. The Bertz CT molecular complexity index is 949. The van der Waals surface area contributed by atoms with Gasteiger partial charge < -0.3 is 11.5 Å². The molecule has 0 unspecified atom stereocenters. The highest BCUT2D eigenvalue weighted by molar-refractivity contribution is 7.92. The summed E-state index contributed by atoms with van der Waals surface area (Å²) in [6, 6.07) is 21.1. The van der Waals surface area contributed by atoms with E-state index in [2.05, 4.69) is 4.72 Å². The summed E-state index contributed by atoms with van der Waals surface area (Å²) in [5, 5.41) is 0. The van der Waals surface area contributed by atoms with Crippen LogP contribution in [0.25, 0.3) is 0 Å². The highest BCUT2D eigenvalue weighted by Gasteiger charge is 2.13. The predicted octanol–water partition coefficient (Wildman–Crippen LogP) is 3.24. The summed E-state index contributed by atoms with van der Waals surface area (Å²) in [5.74, 6) is 0. The molecule has 0 saturated carbocycles. The number of hydrogen-bond acceptors (Lipinski definition) is 4. The van der Waals surface area contributed by atoms with Gasteiger partial charge in [-0.25, -0.2) is 8.42 Å². The van der Waals surface area contributed by atoms with E-state index in [1.54, 1.807) is 24.3 Å². The maximum Gasteiger partial charge on any atom is 0.261 e. The van der Waals surface area contributed by atoms with E-state index in [1.807, 2.05) is 36.4 Å². The molecule has 0 aromatic heterocycles. The highest BCUT2D eigenvalue weighted by Crippen LogP contribution is 2.19. The van der Waals surface area contributed by atoms with Gasteiger partial charge in [0, 0.05) is 17.1 Å². The Morgan fingerprint density at radius 2 is 1.12 bits per heavy atom. The minimum Gasteiger partial charge on any atom is -0.399 e. The van der Waals surface area contributed by atoms with Gasteiger partial charge in [-0.1, -0.05) is 24.3 Å².